The molecule has 0 atom stereocenters. The van der Waals surface area contributed by atoms with E-state index < -0.39 is 0 Å². The van der Waals surface area contributed by atoms with Crippen molar-refractivity contribution in [3.8, 4) is 0 Å². The minimum Gasteiger partial charge on any atom is -0.288 e. The first-order valence-electron chi connectivity index (χ1n) is 6.76. The van der Waals surface area contributed by atoms with Crippen molar-refractivity contribution in [2.75, 3.05) is 5.43 Å². The van der Waals surface area contributed by atoms with Crippen molar-refractivity contribution in [1.29, 1.82) is 0 Å². The van der Waals surface area contributed by atoms with Gasteiger partial charge in [0.2, 0.25) is 0 Å². The molecule has 4 aromatic heterocycles. The van der Waals surface area contributed by atoms with Crippen LogP contribution in [0.2, 0.25) is 5.15 Å². The third kappa shape index (κ3) is 2.39. The number of fused-ring (bicyclic) bond motifs is 2. The van der Waals surface area contributed by atoms with Crippen molar-refractivity contribution < 1.29 is 0 Å². The Morgan fingerprint density at radius 2 is 2.22 bits per heavy atom. The maximum Gasteiger partial charge on any atom is 0.195 e. The Kier molecular flexibility index (Phi) is 3.51. The number of aryl methyl sites for hydroxylation is 2. The summed E-state index contributed by atoms with van der Waals surface area (Å²) in [5, 5.41) is 7.66. The van der Waals surface area contributed by atoms with E-state index in [2.05, 4.69) is 39.3 Å². The van der Waals surface area contributed by atoms with Crippen LogP contribution in [0, 0.1) is 13.8 Å². The molecule has 0 saturated carbocycles. The highest BCUT2D eigenvalue weighted by atomic mass is 35.5. The van der Waals surface area contributed by atoms with Crippen molar-refractivity contribution in [3.05, 3.63) is 39.2 Å². The first kappa shape index (κ1) is 14.6. The van der Waals surface area contributed by atoms with E-state index in [1.54, 1.807) is 23.9 Å². The lowest BCUT2D eigenvalue weighted by atomic mass is 10.2. The summed E-state index contributed by atoms with van der Waals surface area (Å²) >= 11 is 9.32. The number of thiophene rings is 1. The van der Waals surface area contributed by atoms with E-state index >= 15 is 0 Å². The lowest BCUT2D eigenvalue weighted by Gasteiger charge is -2.01. The highest BCUT2D eigenvalue weighted by molar-refractivity contribution is 7.18. The molecule has 0 radical (unpaired) electrons. The standard InChI is InChI=1S/C14H11ClN6S2/c1-7-8(2)23-13-10(7)12(16-6-17-13)20-18-5-9-11(15)19-14-21(9)3-4-22-14/h3-6H,1-2H3,(H,16,17,20)/b18-5+. The van der Waals surface area contributed by atoms with Gasteiger partial charge in [-0.1, -0.05) is 11.6 Å². The number of rotatable bonds is 3. The molecule has 116 valence electrons. The summed E-state index contributed by atoms with van der Waals surface area (Å²) in [4.78, 5) is 15.9. The topological polar surface area (TPSA) is 67.5 Å². The van der Waals surface area contributed by atoms with Gasteiger partial charge in [-0.05, 0) is 19.4 Å². The maximum absolute atomic E-state index is 6.15. The summed E-state index contributed by atoms with van der Waals surface area (Å²) in [5.41, 5.74) is 4.90. The molecule has 0 fully saturated rings. The Morgan fingerprint density at radius 3 is 3.09 bits per heavy atom. The predicted octanol–water partition coefficient (Wildman–Crippen LogP) is 4.12. The van der Waals surface area contributed by atoms with Crippen LogP contribution >= 0.6 is 34.3 Å². The van der Waals surface area contributed by atoms with Crippen LogP contribution in [-0.4, -0.2) is 25.6 Å². The summed E-state index contributed by atoms with van der Waals surface area (Å²) in [5.74, 6) is 0.690. The zero-order valence-corrected chi connectivity index (χ0v) is 14.6. The normalized spacial score (nSPS) is 12.0. The van der Waals surface area contributed by atoms with Crippen LogP contribution < -0.4 is 5.43 Å². The van der Waals surface area contributed by atoms with Gasteiger partial charge in [0.05, 0.1) is 11.6 Å². The number of nitrogens with one attached hydrogen (secondary N) is 1. The van der Waals surface area contributed by atoms with Gasteiger partial charge in [-0.25, -0.2) is 15.0 Å². The second kappa shape index (κ2) is 5.55. The summed E-state index contributed by atoms with van der Waals surface area (Å²) in [7, 11) is 0. The number of halogens is 1. The average Bonchev–Trinajstić information content (AvgIpc) is 3.16. The van der Waals surface area contributed by atoms with Crippen molar-refractivity contribution in [1.82, 2.24) is 19.4 Å². The van der Waals surface area contributed by atoms with Gasteiger partial charge < -0.3 is 0 Å². The van der Waals surface area contributed by atoms with Gasteiger partial charge in [0.1, 0.15) is 16.9 Å². The minimum absolute atomic E-state index is 0.429. The molecular formula is C14H11ClN6S2. The molecule has 4 aromatic rings. The van der Waals surface area contributed by atoms with Gasteiger partial charge in [0, 0.05) is 16.5 Å². The molecule has 0 unspecified atom stereocenters. The summed E-state index contributed by atoms with van der Waals surface area (Å²) < 4.78 is 1.90. The highest BCUT2D eigenvalue weighted by Crippen LogP contribution is 2.32. The lowest BCUT2D eigenvalue weighted by Crippen LogP contribution is -1.97. The van der Waals surface area contributed by atoms with Gasteiger partial charge in [-0.15, -0.1) is 22.7 Å². The fourth-order valence-electron chi connectivity index (χ4n) is 2.31. The molecule has 0 saturated heterocycles. The monoisotopic (exact) mass is 362 g/mol. The first-order valence-corrected chi connectivity index (χ1v) is 8.83. The number of aromatic nitrogens is 4. The molecule has 4 rings (SSSR count). The van der Waals surface area contributed by atoms with Gasteiger partial charge in [0.25, 0.3) is 0 Å². The van der Waals surface area contributed by atoms with Crippen LogP contribution in [0.15, 0.2) is 23.0 Å². The molecule has 4 heterocycles. The van der Waals surface area contributed by atoms with Crippen molar-refractivity contribution >= 4 is 61.5 Å². The Hall–Kier alpha value is -2.03. The van der Waals surface area contributed by atoms with E-state index in [-0.39, 0.29) is 0 Å². The minimum atomic E-state index is 0.429. The smallest absolute Gasteiger partial charge is 0.195 e. The third-order valence-corrected chi connectivity index (χ3v) is 5.73. The molecule has 0 aliphatic carbocycles. The van der Waals surface area contributed by atoms with E-state index in [1.165, 1.54) is 21.8 Å². The Labute approximate surface area is 144 Å². The molecule has 1 N–H and O–H groups in total. The van der Waals surface area contributed by atoms with Crippen LogP contribution in [0.1, 0.15) is 16.1 Å². The Morgan fingerprint density at radius 1 is 1.35 bits per heavy atom. The van der Waals surface area contributed by atoms with E-state index in [4.69, 9.17) is 11.6 Å². The molecule has 0 amide bonds. The van der Waals surface area contributed by atoms with Gasteiger partial charge >= 0.3 is 0 Å². The van der Waals surface area contributed by atoms with Gasteiger partial charge in [-0.2, -0.15) is 5.10 Å². The molecule has 23 heavy (non-hydrogen) atoms. The highest BCUT2D eigenvalue weighted by Gasteiger charge is 2.12. The van der Waals surface area contributed by atoms with Crippen LogP contribution in [0.4, 0.5) is 5.82 Å². The zero-order valence-electron chi connectivity index (χ0n) is 12.2. The van der Waals surface area contributed by atoms with Crippen LogP contribution in [-0.2, 0) is 0 Å². The van der Waals surface area contributed by atoms with E-state index in [0.29, 0.717) is 11.0 Å². The van der Waals surface area contributed by atoms with Crippen LogP contribution in [0.25, 0.3) is 15.2 Å². The van der Waals surface area contributed by atoms with Crippen molar-refractivity contribution in [2.45, 2.75) is 13.8 Å². The van der Waals surface area contributed by atoms with E-state index in [0.717, 1.165) is 20.9 Å². The summed E-state index contributed by atoms with van der Waals surface area (Å²) in [6, 6.07) is 0. The molecule has 0 aromatic carbocycles. The van der Waals surface area contributed by atoms with Crippen molar-refractivity contribution in [2.24, 2.45) is 5.10 Å². The second-order valence-electron chi connectivity index (χ2n) is 4.90. The first-order chi connectivity index (χ1) is 11.1. The zero-order chi connectivity index (χ0) is 16.0. The van der Waals surface area contributed by atoms with Gasteiger partial charge in [-0.3, -0.25) is 9.83 Å². The SMILES string of the molecule is Cc1sc2ncnc(N/N=C/c3c(Cl)nc4sccn34)c2c1C. The predicted molar refractivity (Wildman–Crippen MR) is 96.2 cm³/mol. The van der Waals surface area contributed by atoms with Crippen LogP contribution in [0.5, 0.6) is 0 Å². The van der Waals surface area contributed by atoms with Crippen LogP contribution in [0.3, 0.4) is 0 Å². The fourth-order valence-corrected chi connectivity index (χ4v) is 4.30. The number of imidazole rings is 1. The van der Waals surface area contributed by atoms with E-state index in [9.17, 15) is 0 Å². The molecule has 0 aliphatic heterocycles. The lowest BCUT2D eigenvalue weighted by molar-refractivity contribution is 1.18. The molecule has 6 nitrogen and oxygen atoms in total. The molecule has 0 bridgehead atoms. The number of hydrazone groups is 1. The summed E-state index contributed by atoms with van der Waals surface area (Å²) in [6.07, 6.45) is 5.10. The average molecular weight is 363 g/mol. The maximum atomic E-state index is 6.15. The molecule has 0 aliphatic rings. The Balaban J connectivity index is 1.69. The third-order valence-electron chi connectivity index (χ3n) is 3.58. The molecule has 0 spiro atoms. The molecule has 9 heteroatoms. The fraction of sp³-hybridized carbons (Fsp3) is 0.143. The van der Waals surface area contributed by atoms with Gasteiger partial charge in [0.15, 0.2) is 15.9 Å². The number of anilines is 1. The van der Waals surface area contributed by atoms with E-state index in [1.807, 2.05) is 16.0 Å². The number of hydrogen-bond acceptors (Lipinski definition) is 7. The summed E-state index contributed by atoms with van der Waals surface area (Å²) in [6.45, 7) is 4.14. The number of hydrogen-bond donors (Lipinski definition) is 1. The largest absolute Gasteiger partial charge is 0.288 e. The van der Waals surface area contributed by atoms with Crippen molar-refractivity contribution in [3.63, 3.8) is 0 Å². The molecular weight excluding hydrogens is 352 g/mol. The number of thiazole rings is 1. The number of nitrogens with zero attached hydrogens (tertiary/aromatic N) is 5. The second-order valence-corrected chi connectivity index (χ2v) is 7.33. The quantitative estimate of drug-likeness (QED) is 0.439. The Bertz CT molecular complexity index is 1040.